The predicted molar refractivity (Wildman–Crippen MR) is 69.7 cm³/mol. The van der Waals surface area contributed by atoms with Crippen molar-refractivity contribution in [3.8, 4) is 0 Å². The molecule has 0 saturated heterocycles. The summed E-state index contributed by atoms with van der Waals surface area (Å²) in [6.07, 6.45) is 2.26. The largest absolute Gasteiger partial charge is 0.329 e. The molecule has 0 bridgehead atoms. The summed E-state index contributed by atoms with van der Waals surface area (Å²) in [6, 6.07) is 1.53. The Balaban J connectivity index is 2.28. The lowest BCUT2D eigenvalue weighted by atomic mass is 10.3. The maximum absolute atomic E-state index is 11.8. The molecule has 0 atom stereocenters. The maximum Gasteiger partial charge on any atom is 0.329 e. The van der Waals surface area contributed by atoms with Gasteiger partial charge in [-0.15, -0.1) is 11.8 Å². The Morgan fingerprint density at radius 3 is 2.53 bits per heavy atom. The van der Waals surface area contributed by atoms with E-state index in [1.54, 1.807) is 0 Å². The van der Waals surface area contributed by atoms with E-state index in [-0.39, 0.29) is 16.0 Å². The normalized spacial score (nSPS) is 16.2. The number of rotatable bonds is 3. The summed E-state index contributed by atoms with van der Waals surface area (Å²) in [5.74, 6) is 0.523. The first-order valence-corrected chi connectivity index (χ1v) is 6.70. The third kappa shape index (κ3) is 3.49. The van der Waals surface area contributed by atoms with Gasteiger partial charge in [-0.25, -0.2) is 4.79 Å². The molecular weight excluding hydrogens is 236 g/mol. The van der Waals surface area contributed by atoms with Crippen molar-refractivity contribution >= 4 is 11.8 Å². The van der Waals surface area contributed by atoms with Crippen LogP contribution in [0.4, 0.5) is 0 Å². The van der Waals surface area contributed by atoms with Crippen LogP contribution in [0, 0.1) is 5.92 Å². The van der Waals surface area contributed by atoms with Crippen LogP contribution in [0.15, 0.2) is 20.7 Å². The molecule has 0 aliphatic heterocycles. The topological polar surface area (TPSA) is 54.9 Å². The van der Waals surface area contributed by atoms with Crippen molar-refractivity contribution in [2.75, 3.05) is 0 Å². The molecule has 0 spiro atoms. The minimum atomic E-state index is -0.281. The van der Waals surface area contributed by atoms with Gasteiger partial charge >= 0.3 is 5.69 Å². The van der Waals surface area contributed by atoms with Crippen LogP contribution in [0.1, 0.15) is 33.6 Å². The molecule has 5 heteroatoms. The number of aromatic nitrogens is 2. The molecule has 1 N–H and O–H groups in total. The summed E-state index contributed by atoms with van der Waals surface area (Å²) in [6.45, 7) is 6.71. The number of H-pyrrole nitrogens is 1. The summed E-state index contributed by atoms with van der Waals surface area (Å²) >= 11 is 1.50. The molecule has 1 fully saturated rings. The van der Waals surface area contributed by atoms with E-state index >= 15 is 0 Å². The fraction of sp³-hybridized carbons (Fsp3) is 0.667. The van der Waals surface area contributed by atoms with Gasteiger partial charge in [0.1, 0.15) is 0 Å². The van der Waals surface area contributed by atoms with Crippen LogP contribution < -0.4 is 11.2 Å². The molecule has 1 aromatic heterocycles. The summed E-state index contributed by atoms with van der Waals surface area (Å²) in [5, 5.41) is 0.652. The van der Waals surface area contributed by atoms with Crippen molar-refractivity contribution in [1.82, 2.24) is 9.55 Å². The highest BCUT2D eigenvalue weighted by Gasteiger charge is 2.23. The van der Waals surface area contributed by atoms with E-state index in [9.17, 15) is 9.59 Å². The van der Waals surface area contributed by atoms with Crippen molar-refractivity contribution < 1.29 is 0 Å². The number of thioether (sulfide) groups is 1. The number of aromatic amines is 1. The van der Waals surface area contributed by atoms with E-state index < -0.39 is 0 Å². The van der Waals surface area contributed by atoms with Gasteiger partial charge in [0.15, 0.2) is 0 Å². The minimum absolute atomic E-state index is 0.0158. The number of nitrogens with zero attached hydrogens (tertiary/aromatic N) is 1. The monoisotopic (exact) mass is 254 g/mol. The highest BCUT2D eigenvalue weighted by Crippen LogP contribution is 2.30. The summed E-state index contributed by atoms with van der Waals surface area (Å²) < 4.78 is 1.29. The molecule has 4 nitrogen and oxygen atoms in total. The minimum Gasteiger partial charge on any atom is -0.302 e. The molecule has 1 aliphatic rings. The zero-order valence-corrected chi connectivity index (χ0v) is 11.3. The van der Waals surface area contributed by atoms with E-state index in [2.05, 4.69) is 4.98 Å². The molecule has 1 saturated carbocycles. The zero-order valence-electron chi connectivity index (χ0n) is 10.4. The molecule has 0 unspecified atom stereocenters. The number of hydrogen-bond donors (Lipinski definition) is 1. The Morgan fingerprint density at radius 2 is 2.06 bits per heavy atom. The van der Waals surface area contributed by atoms with Gasteiger partial charge in [0.05, 0.1) is 5.03 Å². The van der Waals surface area contributed by atoms with Crippen molar-refractivity contribution in [3.63, 3.8) is 0 Å². The van der Waals surface area contributed by atoms with E-state index in [1.807, 2.05) is 20.8 Å². The van der Waals surface area contributed by atoms with Gasteiger partial charge in [-0.3, -0.25) is 9.36 Å². The predicted octanol–water partition coefficient (Wildman–Crippen LogP) is 1.84. The van der Waals surface area contributed by atoms with Gasteiger partial charge in [0.2, 0.25) is 0 Å². The molecule has 2 rings (SSSR count). The third-order valence-corrected chi connectivity index (χ3v) is 3.60. The zero-order chi connectivity index (χ0) is 12.6. The summed E-state index contributed by atoms with van der Waals surface area (Å²) in [5.41, 5.74) is -0.469. The second kappa shape index (κ2) is 4.37. The summed E-state index contributed by atoms with van der Waals surface area (Å²) in [7, 11) is 0. The van der Waals surface area contributed by atoms with Gasteiger partial charge < -0.3 is 4.98 Å². The van der Waals surface area contributed by atoms with Crippen molar-refractivity contribution in [1.29, 1.82) is 0 Å². The van der Waals surface area contributed by atoms with Crippen LogP contribution >= 0.6 is 11.8 Å². The molecular formula is C12H18N2O2S. The lowest BCUT2D eigenvalue weighted by Gasteiger charge is -2.17. The molecule has 0 amide bonds. The second-order valence-corrected chi connectivity index (χ2v) is 7.41. The van der Waals surface area contributed by atoms with Crippen molar-refractivity contribution in [2.24, 2.45) is 5.92 Å². The molecule has 1 heterocycles. The third-order valence-electron chi connectivity index (χ3n) is 2.55. The van der Waals surface area contributed by atoms with E-state index in [4.69, 9.17) is 0 Å². The van der Waals surface area contributed by atoms with Gasteiger partial charge in [0, 0.05) is 17.4 Å². The van der Waals surface area contributed by atoms with Gasteiger partial charge in [0.25, 0.3) is 5.56 Å². The fourth-order valence-electron chi connectivity index (χ4n) is 1.62. The van der Waals surface area contributed by atoms with Crippen LogP contribution in [-0.2, 0) is 6.54 Å². The molecule has 94 valence electrons. The van der Waals surface area contributed by atoms with Crippen LogP contribution in [0.25, 0.3) is 0 Å². The molecule has 0 aromatic carbocycles. The lowest BCUT2D eigenvalue weighted by molar-refractivity contribution is 0.567. The average molecular weight is 254 g/mol. The standard InChI is InChI=1S/C12H18N2O2S/c1-12(2,3)17-9-6-10(15)14(11(16)13-9)7-8-4-5-8/h6,8H,4-5,7H2,1-3H3,(H,13,16). The molecule has 1 aliphatic carbocycles. The Labute approximate surface area is 104 Å². The Bertz CT molecular complexity index is 489. The number of hydrogen-bond acceptors (Lipinski definition) is 3. The smallest absolute Gasteiger partial charge is 0.302 e. The van der Waals surface area contributed by atoms with Gasteiger partial charge in [-0.2, -0.15) is 0 Å². The first-order chi connectivity index (χ1) is 7.85. The molecule has 1 aromatic rings. The SMILES string of the molecule is CC(C)(C)Sc1cc(=O)n(CC2CC2)c(=O)[nH]1. The highest BCUT2D eigenvalue weighted by molar-refractivity contribution is 8.00. The molecule has 17 heavy (non-hydrogen) atoms. The Kier molecular flexibility index (Phi) is 3.21. The van der Waals surface area contributed by atoms with E-state index in [0.29, 0.717) is 17.5 Å². The fourth-order valence-corrected chi connectivity index (χ4v) is 2.57. The molecule has 0 radical (unpaired) electrons. The van der Waals surface area contributed by atoms with E-state index in [1.165, 1.54) is 22.4 Å². The van der Waals surface area contributed by atoms with E-state index in [0.717, 1.165) is 12.8 Å². The van der Waals surface area contributed by atoms with Crippen LogP contribution in [-0.4, -0.2) is 14.3 Å². The highest BCUT2D eigenvalue weighted by atomic mass is 32.2. The van der Waals surface area contributed by atoms with Crippen molar-refractivity contribution in [2.45, 2.75) is 49.9 Å². The van der Waals surface area contributed by atoms with Crippen LogP contribution in [0.3, 0.4) is 0 Å². The Hall–Kier alpha value is -0.970. The first-order valence-electron chi connectivity index (χ1n) is 5.88. The number of nitrogens with one attached hydrogen (secondary N) is 1. The lowest BCUT2D eigenvalue weighted by Crippen LogP contribution is -2.35. The average Bonchev–Trinajstić information content (AvgIpc) is 2.91. The summed E-state index contributed by atoms with van der Waals surface area (Å²) in [4.78, 5) is 26.4. The maximum atomic E-state index is 11.8. The Morgan fingerprint density at radius 1 is 1.41 bits per heavy atom. The van der Waals surface area contributed by atoms with Crippen LogP contribution in [0.2, 0.25) is 0 Å². The van der Waals surface area contributed by atoms with Crippen molar-refractivity contribution in [3.05, 3.63) is 26.9 Å². The second-order valence-electron chi connectivity index (χ2n) is 5.55. The van der Waals surface area contributed by atoms with Gasteiger partial charge in [-0.1, -0.05) is 20.8 Å². The van der Waals surface area contributed by atoms with Crippen LogP contribution in [0.5, 0.6) is 0 Å². The van der Waals surface area contributed by atoms with Gasteiger partial charge in [-0.05, 0) is 18.8 Å². The first kappa shape index (κ1) is 12.5. The quantitative estimate of drug-likeness (QED) is 0.661.